The maximum absolute atomic E-state index is 13.6. The van der Waals surface area contributed by atoms with Crippen molar-refractivity contribution in [1.82, 2.24) is 10.3 Å². The third kappa shape index (κ3) is 2.51. The van der Waals surface area contributed by atoms with Crippen LogP contribution >= 0.6 is 11.3 Å². The smallest absolute Gasteiger partial charge is 0.271 e. The van der Waals surface area contributed by atoms with Crippen LogP contribution in [0.2, 0.25) is 0 Å². The van der Waals surface area contributed by atoms with E-state index >= 15 is 0 Å². The fourth-order valence-electron chi connectivity index (χ4n) is 1.90. The summed E-state index contributed by atoms with van der Waals surface area (Å²) < 4.78 is 13.6. The Hall–Kier alpha value is -1.75. The van der Waals surface area contributed by atoms with Crippen LogP contribution in [0.3, 0.4) is 0 Å². The molecule has 1 aliphatic carbocycles. The third-order valence-electron chi connectivity index (χ3n) is 3.27. The number of thiazole rings is 1. The average Bonchev–Trinajstić information content (AvgIpc) is 2.92. The van der Waals surface area contributed by atoms with Crippen molar-refractivity contribution in [2.75, 3.05) is 0 Å². The van der Waals surface area contributed by atoms with Crippen LogP contribution in [0.15, 0.2) is 29.6 Å². The van der Waals surface area contributed by atoms with Crippen LogP contribution in [0.4, 0.5) is 4.39 Å². The van der Waals surface area contributed by atoms with Crippen molar-refractivity contribution < 1.29 is 9.18 Å². The average molecular weight is 276 g/mol. The highest BCUT2D eigenvalue weighted by Gasteiger charge is 2.34. The van der Waals surface area contributed by atoms with E-state index in [9.17, 15) is 9.18 Å². The van der Waals surface area contributed by atoms with Crippen LogP contribution < -0.4 is 5.32 Å². The zero-order valence-corrected chi connectivity index (χ0v) is 11.2. The fraction of sp³-hybridized carbons (Fsp3) is 0.286. The molecule has 1 N–H and O–H groups in total. The van der Waals surface area contributed by atoms with Crippen molar-refractivity contribution in [3.8, 4) is 10.6 Å². The van der Waals surface area contributed by atoms with Gasteiger partial charge in [-0.15, -0.1) is 11.3 Å². The Labute approximate surface area is 114 Å². The van der Waals surface area contributed by atoms with E-state index in [0.717, 1.165) is 6.42 Å². The van der Waals surface area contributed by atoms with Crippen LogP contribution in [-0.4, -0.2) is 16.9 Å². The van der Waals surface area contributed by atoms with E-state index in [1.54, 1.807) is 23.6 Å². The normalized spacial score (nSPS) is 21.2. The Morgan fingerprint density at radius 1 is 1.47 bits per heavy atom. The molecule has 1 aromatic carbocycles. The summed E-state index contributed by atoms with van der Waals surface area (Å²) >= 11 is 1.28. The van der Waals surface area contributed by atoms with E-state index in [2.05, 4.69) is 17.2 Å². The number of amides is 1. The summed E-state index contributed by atoms with van der Waals surface area (Å²) in [6.45, 7) is 2.09. The monoisotopic (exact) mass is 276 g/mol. The molecule has 2 aromatic rings. The van der Waals surface area contributed by atoms with E-state index < -0.39 is 0 Å². The summed E-state index contributed by atoms with van der Waals surface area (Å²) in [6, 6.07) is 6.72. The van der Waals surface area contributed by atoms with Gasteiger partial charge in [0.1, 0.15) is 16.5 Å². The second-order valence-electron chi connectivity index (χ2n) is 4.81. The first kappa shape index (κ1) is 12.3. The van der Waals surface area contributed by atoms with Crippen molar-refractivity contribution >= 4 is 17.2 Å². The summed E-state index contributed by atoms with van der Waals surface area (Å²) in [5.74, 6) is 0.0569. The quantitative estimate of drug-likeness (QED) is 0.936. The number of carbonyl (C=O) groups is 1. The van der Waals surface area contributed by atoms with Crippen LogP contribution in [0, 0.1) is 11.7 Å². The van der Waals surface area contributed by atoms with Gasteiger partial charge in [0.05, 0.1) is 0 Å². The lowest BCUT2D eigenvalue weighted by Gasteiger charge is -2.00. The van der Waals surface area contributed by atoms with Crippen molar-refractivity contribution in [1.29, 1.82) is 0 Å². The number of benzene rings is 1. The van der Waals surface area contributed by atoms with E-state index in [-0.39, 0.29) is 17.8 Å². The fourth-order valence-corrected chi connectivity index (χ4v) is 2.73. The number of aromatic nitrogens is 1. The van der Waals surface area contributed by atoms with Crippen molar-refractivity contribution in [2.45, 2.75) is 19.4 Å². The van der Waals surface area contributed by atoms with Gasteiger partial charge in [0.25, 0.3) is 5.91 Å². The summed E-state index contributed by atoms with van der Waals surface area (Å²) in [6.07, 6.45) is 1.02. The maximum Gasteiger partial charge on any atom is 0.271 e. The number of halogens is 1. The molecule has 1 aromatic heterocycles. The molecule has 0 spiro atoms. The second kappa shape index (κ2) is 4.74. The van der Waals surface area contributed by atoms with Gasteiger partial charge in [0.15, 0.2) is 0 Å². The van der Waals surface area contributed by atoms with Crippen LogP contribution in [-0.2, 0) is 0 Å². The summed E-state index contributed by atoms with van der Waals surface area (Å²) in [5, 5.41) is 5.12. The van der Waals surface area contributed by atoms with Crippen LogP contribution in [0.1, 0.15) is 23.8 Å². The molecule has 0 saturated heterocycles. The molecule has 0 aliphatic heterocycles. The number of nitrogens with one attached hydrogen (secondary N) is 1. The number of hydrogen-bond acceptors (Lipinski definition) is 3. The molecule has 3 rings (SSSR count). The SMILES string of the molecule is CC1CC1NC(=O)c1csc(-c2ccccc2F)n1. The van der Waals surface area contributed by atoms with Crippen LogP contribution in [0.25, 0.3) is 10.6 Å². The van der Waals surface area contributed by atoms with E-state index in [1.165, 1.54) is 17.4 Å². The first-order valence-corrected chi connectivity index (χ1v) is 7.04. The van der Waals surface area contributed by atoms with Gasteiger partial charge in [-0.05, 0) is 24.5 Å². The van der Waals surface area contributed by atoms with Crippen molar-refractivity contribution in [2.24, 2.45) is 5.92 Å². The van der Waals surface area contributed by atoms with Crippen molar-refractivity contribution in [3.05, 3.63) is 41.2 Å². The zero-order valence-electron chi connectivity index (χ0n) is 10.4. The lowest BCUT2D eigenvalue weighted by molar-refractivity contribution is 0.0945. The van der Waals surface area contributed by atoms with E-state index in [0.29, 0.717) is 22.2 Å². The largest absolute Gasteiger partial charge is 0.348 e. The molecule has 19 heavy (non-hydrogen) atoms. The number of nitrogens with zero attached hydrogens (tertiary/aromatic N) is 1. The molecule has 98 valence electrons. The molecule has 2 atom stereocenters. The Bertz CT molecular complexity index is 625. The second-order valence-corrected chi connectivity index (χ2v) is 5.67. The highest BCUT2D eigenvalue weighted by Crippen LogP contribution is 2.30. The zero-order chi connectivity index (χ0) is 13.4. The standard InChI is InChI=1S/C14H13FN2OS/c1-8-6-11(8)16-13(18)12-7-19-14(17-12)9-4-2-3-5-10(9)15/h2-5,7-8,11H,6H2,1H3,(H,16,18). The Balaban J connectivity index is 1.79. The molecule has 1 saturated carbocycles. The number of carbonyl (C=O) groups excluding carboxylic acids is 1. The molecule has 1 amide bonds. The van der Waals surface area contributed by atoms with Gasteiger partial charge in [-0.2, -0.15) is 0 Å². The van der Waals surface area contributed by atoms with Gasteiger partial charge in [-0.3, -0.25) is 4.79 Å². The number of hydrogen-bond donors (Lipinski definition) is 1. The van der Waals surface area contributed by atoms with Gasteiger partial charge in [0, 0.05) is 17.0 Å². The van der Waals surface area contributed by atoms with Gasteiger partial charge in [-0.25, -0.2) is 9.37 Å². The van der Waals surface area contributed by atoms with Gasteiger partial charge < -0.3 is 5.32 Å². The molecular weight excluding hydrogens is 263 g/mol. The minimum Gasteiger partial charge on any atom is -0.348 e. The van der Waals surface area contributed by atoms with Gasteiger partial charge in [-0.1, -0.05) is 19.1 Å². The van der Waals surface area contributed by atoms with Crippen LogP contribution in [0.5, 0.6) is 0 Å². The molecule has 1 aliphatic rings. The lowest BCUT2D eigenvalue weighted by Crippen LogP contribution is -2.26. The minimum atomic E-state index is -0.320. The van der Waals surface area contributed by atoms with Gasteiger partial charge in [0.2, 0.25) is 0 Å². The Kier molecular flexibility index (Phi) is 3.06. The Morgan fingerprint density at radius 3 is 2.89 bits per heavy atom. The highest BCUT2D eigenvalue weighted by atomic mass is 32.1. The minimum absolute atomic E-state index is 0.173. The lowest BCUT2D eigenvalue weighted by atomic mass is 10.2. The molecule has 1 fully saturated rings. The first-order chi connectivity index (χ1) is 9.15. The predicted octanol–water partition coefficient (Wildman–Crippen LogP) is 3.09. The molecule has 3 nitrogen and oxygen atoms in total. The summed E-state index contributed by atoms with van der Waals surface area (Å²) in [4.78, 5) is 16.1. The highest BCUT2D eigenvalue weighted by molar-refractivity contribution is 7.13. The number of rotatable bonds is 3. The topological polar surface area (TPSA) is 42.0 Å². The molecule has 0 bridgehead atoms. The predicted molar refractivity (Wildman–Crippen MR) is 72.5 cm³/mol. The third-order valence-corrected chi connectivity index (χ3v) is 4.14. The molecular formula is C14H13FN2OS. The molecule has 2 unspecified atom stereocenters. The van der Waals surface area contributed by atoms with E-state index in [4.69, 9.17) is 0 Å². The Morgan fingerprint density at radius 2 is 2.21 bits per heavy atom. The molecule has 1 heterocycles. The van der Waals surface area contributed by atoms with E-state index in [1.807, 2.05) is 0 Å². The summed E-state index contributed by atoms with van der Waals surface area (Å²) in [5.41, 5.74) is 0.800. The first-order valence-electron chi connectivity index (χ1n) is 6.16. The summed E-state index contributed by atoms with van der Waals surface area (Å²) in [7, 11) is 0. The van der Waals surface area contributed by atoms with Gasteiger partial charge >= 0.3 is 0 Å². The van der Waals surface area contributed by atoms with Crippen molar-refractivity contribution in [3.63, 3.8) is 0 Å². The molecule has 5 heteroatoms. The molecule has 0 radical (unpaired) electrons. The maximum atomic E-state index is 13.6.